The highest BCUT2D eigenvalue weighted by atomic mass is 127. The number of nitrogens with zero attached hydrogens (tertiary/aromatic N) is 1. The summed E-state index contributed by atoms with van der Waals surface area (Å²) >= 11 is 7.43. The SMILES string of the molecule is CCOC(=O)Cc1c(I)ncc(CCl)c1C(F)F. The molecule has 0 aliphatic heterocycles. The number of aromatic nitrogens is 1. The average molecular weight is 390 g/mol. The van der Waals surface area contributed by atoms with Crippen molar-refractivity contribution in [1.82, 2.24) is 4.98 Å². The van der Waals surface area contributed by atoms with Gasteiger partial charge in [0.1, 0.15) is 3.70 Å². The molecule has 7 heteroatoms. The van der Waals surface area contributed by atoms with Gasteiger partial charge in [0.05, 0.1) is 13.0 Å². The van der Waals surface area contributed by atoms with Crippen molar-refractivity contribution >= 4 is 40.2 Å². The molecular formula is C11H11ClF2INO2. The lowest BCUT2D eigenvalue weighted by Crippen LogP contribution is -2.13. The van der Waals surface area contributed by atoms with Gasteiger partial charge in [-0.2, -0.15) is 0 Å². The number of alkyl halides is 3. The molecule has 0 N–H and O–H groups in total. The molecule has 3 nitrogen and oxygen atoms in total. The highest BCUT2D eigenvalue weighted by Gasteiger charge is 2.22. The molecule has 0 unspecified atom stereocenters. The Bertz CT molecular complexity index is 443. The van der Waals surface area contributed by atoms with Gasteiger partial charge < -0.3 is 4.74 Å². The van der Waals surface area contributed by atoms with E-state index in [1.54, 1.807) is 6.92 Å². The maximum atomic E-state index is 13.0. The van der Waals surface area contributed by atoms with E-state index in [0.717, 1.165) is 0 Å². The smallest absolute Gasteiger partial charge is 0.310 e. The molecule has 18 heavy (non-hydrogen) atoms. The summed E-state index contributed by atoms with van der Waals surface area (Å²) in [4.78, 5) is 15.4. The minimum atomic E-state index is -2.69. The van der Waals surface area contributed by atoms with Crippen molar-refractivity contribution in [3.8, 4) is 0 Å². The standard InChI is InChI=1S/C11H11ClF2INO2/c1-2-18-8(17)3-7-9(10(13)14)6(4-12)5-16-11(7)15/h5,10H,2-4H2,1H3. The summed E-state index contributed by atoms with van der Waals surface area (Å²) in [6.07, 6.45) is -1.60. The number of ether oxygens (including phenoxy) is 1. The maximum absolute atomic E-state index is 13.0. The van der Waals surface area contributed by atoms with Crippen LogP contribution in [0.1, 0.15) is 30.0 Å². The number of carbonyl (C=O) groups excluding carboxylic acids is 1. The van der Waals surface area contributed by atoms with Gasteiger partial charge in [-0.15, -0.1) is 11.6 Å². The molecule has 0 aliphatic carbocycles. The zero-order valence-corrected chi connectivity index (χ0v) is 12.5. The number of hydrogen-bond acceptors (Lipinski definition) is 3. The molecule has 0 radical (unpaired) electrons. The Morgan fingerprint density at radius 1 is 1.61 bits per heavy atom. The van der Waals surface area contributed by atoms with Crippen LogP contribution >= 0.6 is 34.2 Å². The first kappa shape index (κ1) is 15.6. The monoisotopic (exact) mass is 389 g/mol. The van der Waals surface area contributed by atoms with Crippen molar-refractivity contribution in [3.05, 3.63) is 26.6 Å². The van der Waals surface area contributed by atoms with Gasteiger partial charge in [-0.25, -0.2) is 13.8 Å². The zero-order valence-electron chi connectivity index (χ0n) is 9.55. The number of pyridine rings is 1. The normalized spacial score (nSPS) is 10.8. The van der Waals surface area contributed by atoms with Crippen LogP contribution in [0.2, 0.25) is 0 Å². The van der Waals surface area contributed by atoms with Crippen molar-refractivity contribution in [2.24, 2.45) is 0 Å². The molecule has 0 amide bonds. The number of hydrogen-bond donors (Lipinski definition) is 0. The average Bonchev–Trinajstić information content (AvgIpc) is 2.31. The summed E-state index contributed by atoms with van der Waals surface area (Å²) in [7, 11) is 0. The molecule has 0 aromatic carbocycles. The van der Waals surface area contributed by atoms with Gasteiger partial charge in [0.2, 0.25) is 0 Å². The van der Waals surface area contributed by atoms with Crippen LogP contribution in [0.25, 0.3) is 0 Å². The van der Waals surface area contributed by atoms with E-state index >= 15 is 0 Å². The van der Waals surface area contributed by atoms with E-state index in [9.17, 15) is 13.6 Å². The van der Waals surface area contributed by atoms with Crippen molar-refractivity contribution in [2.45, 2.75) is 25.7 Å². The van der Waals surface area contributed by atoms with Gasteiger partial charge in [0.25, 0.3) is 6.43 Å². The fourth-order valence-electron chi connectivity index (χ4n) is 1.49. The van der Waals surface area contributed by atoms with Gasteiger partial charge in [-0.3, -0.25) is 4.79 Å². The van der Waals surface area contributed by atoms with Crippen LogP contribution in [0.15, 0.2) is 6.20 Å². The molecular weight excluding hydrogens is 378 g/mol. The minimum absolute atomic E-state index is 0.0700. The van der Waals surface area contributed by atoms with E-state index in [4.69, 9.17) is 16.3 Å². The molecule has 1 heterocycles. The first-order chi connectivity index (χ1) is 8.51. The summed E-state index contributed by atoms with van der Waals surface area (Å²) in [5, 5.41) is 0. The second kappa shape index (κ2) is 7.18. The van der Waals surface area contributed by atoms with E-state index < -0.39 is 12.4 Å². The van der Waals surface area contributed by atoms with Gasteiger partial charge in [0.15, 0.2) is 0 Å². The topological polar surface area (TPSA) is 39.2 Å². The molecule has 0 atom stereocenters. The Hall–Kier alpha value is -0.500. The molecule has 100 valence electrons. The second-order valence-electron chi connectivity index (χ2n) is 3.38. The number of esters is 1. The Morgan fingerprint density at radius 2 is 2.28 bits per heavy atom. The van der Waals surface area contributed by atoms with E-state index in [0.29, 0.717) is 3.70 Å². The largest absolute Gasteiger partial charge is 0.466 e. The second-order valence-corrected chi connectivity index (χ2v) is 4.67. The molecule has 0 spiro atoms. The summed E-state index contributed by atoms with van der Waals surface area (Å²) in [6, 6.07) is 0. The Labute approximate surface area is 122 Å². The third-order valence-corrected chi connectivity index (χ3v) is 3.46. The number of rotatable bonds is 5. The van der Waals surface area contributed by atoms with Crippen LogP contribution in [0.4, 0.5) is 8.78 Å². The summed E-state index contributed by atoms with van der Waals surface area (Å²) in [5.41, 5.74) is 0.228. The van der Waals surface area contributed by atoms with Crippen LogP contribution in [-0.2, 0) is 21.8 Å². The summed E-state index contributed by atoms with van der Waals surface area (Å²) in [5.74, 6) is -0.620. The van der Waals surface area contributed by atoms with E-state index in [1.807, 2.05) is 22.6 Å². The maximum Gasteiger partial charge on any atom is 0.310 e. The minimum Gasteiger partial charge on any atom is -0.466 e. The molecule has 1 rings (SSSR count). The first-order valence-electron chi connectivity index (χ1n) is 5.17. The number of carbonyl (C=O) groups is 1. The van der Waals surface area contributed by atoms with Crippen LogP contribution in [0, 0.1) is 3.70 Å². The van der Waals surface area contributed by atoms with E-state index in [-0.39, 0.29) is 35.6 Å². The molecule has 0 saturated heterocycles. The van der Waals surface area contributed by atoms with Crippen molar-refractivity contribution in [1.29, 1.82) is 0 Å². The van der Waals surface area contributed by atoms with Crippen LogP contribution in [0.5, 0.6) is 0 Å². The van der Waals surface area contributed by atoms with E-state index in [2.05, 4.69) is 4.98 Å². The molecule has 1 aromatic heterocycles. The van der Waals surface area contributed by atoms with Gasteiger partial charge in [-0.1, -0.05) is 0 Å². The highest BCUT2D eigenvalue weighted by Crippen LogP contribution is 2.30. The van der Waals surface area contributed by atoms with Crippen molar-refractivity contribution < 1.29 is 18.3 Å². The third kappa shape index (κ3) is 3.74. The lowest BCUT2D eigenvalue weighted by atomic mass is 10.0. The fourth-order valence-corrected chi connectivity index (χ4v) is 2.32. The first-order valence-corrected chi connectivity index (χ1v) is 6.78. The van der Waals surface area contributed by atoms with Crippen LogP contribution in [-0.4, -0.2) is 17.6 Å². The Kier molecular flexibility index (Phi) is 6.20. The van der Waals surface area contributed by atoms with Gasteiger partial charge in [0, 0.05) is 23.2 Å². The number of halogens is 4. The molecule has 0 bridgehead atoms. The third-order valence-electron chi connectivity index (χ3n) is 2.24. The lowest BCUT2D eigenvalue weighted by Gasteiger charge is -2.13. The van der Waals surface area contributed by atoms with Crippen molar-refractivity contribution in [2.75, 3.05) is 6.61 Å². The predicted molar refractivity (Wildman–Crippen MR) is 71.8 cm³/mol. The summed E-state index contributed by atoms with van der Waals surface area (Å²) in [6.45, 7) is 1.87. The quantitative estimate of drug-likeness (QED) is 0.335. The highest BCUT2D eigenvalue weighted by molar-refractivity contribution is 14.1. The zero-order chi connectivity index (χ0) is 13.7. The molecule has 0 saturated carbocycles. The van der Waals surface area contributed by atoms with E-state index in [1.165, 1.54) is 6.20 Å². The van der Waals surface area contributed by atoms with Gasteiger partial charge in [-0.05, 0) is 35.1 Å². The molecule has 0 fully saturated rings. The van der Waals surface area contributed by atoms with Gasteiger partial charge >= 0.3 is 5.97 Å². The molecule has 0 aliphatic rings. The molecule has 1 aromatic rings. The predicted octanol–water partition coefficient (Wildman–Crippen LogP) is 3.47. The lowest BCUT2D eigenvalue weighted by molar-refractivity contribution is -0.142. The Balaban J connectivity index is 3.18. The van der Waals surface area contributed by atoms with Crippen molar-refractivity contribution in [3.63, 3.8) is 0 Å². The van der Waals surface area contributed by atoms with Crippen LogP contribution < -0.4 is 0 Å². The Morgan fingerprint density at radius 3 is 2.78 bits per heavy atom. The summed E-state index contributed by atoms with van der Waals surface area (Å²) < 4.78 is 31.2. The fraction of sp³-hybridized carbons (Fsp3) is 0.455. The van der Waals surface area contributed by atoms with Crippen LogP contribution in [0.3, 0.4) is 0 Å².